The summed E-state index contributed by atoms with van der Waals surface area (Å²) in [5, 5.41) is 10.1. The molecule has 1 aromatic rings. The first-order valence-corrected chi connectivity index (χ1v) is 7.88. The number of aliphatic hydroxyl groups is 1. The molecule has 4 nitrogen and oxygen atoms in total. The van der Waals surface area contributed by atoms with Crippen molar-refractivity contribution in [3.05, 3.63) is 29.8 Å². The van der Waals surface area contributed by atoms with Gasteiger partial charge < -0.3 is 20.5 Å². The Balaban J connectivity index is 1.75. The summed E-state index contributed by atoms with van der Waals surface area (Å²) in [6.45, 7) is 0.944. The van der Waals surface area contributed by atoms with E-state index in [1.807, 2.05) is 24.3 Å². The average Bonchev–Trinajstić information content (AvgIpc) is 3.00. The third-order valence-electron chi connectivity index (χ3n) is 4.03. The number of benzene rings is 1. The van der Waals surface area contributed by atoms with Crippen LogP contribution in [-0.4, -0.2) is 47.3 Å². The largest absolute Gasteiger partial charge is 0.491 e. The molecule has 1 unspecified atom stereocenters. The Morgan fingerprint density at radius 2 is 2.00 bits per heavy atom. The minimum absolute atomic E-state index is 0.295. The molecule has 2 rings (SSSR count). The molecule has 0 saturated heterocycles. The summed E-state index contributed by atoms with van der Waals surface area (Å²) in [7, 11) is 2.08. The molecule has 3 N–H and O–H groups in total. The molecule has 1 atom stereocenters. The van der Waals surface area contributed by atoms with Crippen molar-refractivity contribution < 1.29 is 9.84 Å². The van der Waals surface area contributed by atoms with Crippen molar-refractivity contribution in [3.63, 3.8) is 0 Å². The van der Waals surface area contributed by atoms with E-state index in [0.29, 0.717) is 24.2 Å². The van der Waals surface area contributed by atoms with Gasteiger partial charge in [0.1, 0.15) is 23.4 Å². The van der Waals surface area contributed by atoms with E-state index in [0.717, 1.165) is 11.3 Å². The van der Waals surface area contributed by atoms with Gasteiger partial charge in [-0.2, -0.15) is 0 Å². The summed E-state index contributed by atoms with van der Waals surface area (Å²) in [4.78, 5) is 2.62. The highest BCUT2D eigenvalue weighted by molar-refractivity contribution is 7.80. The standard InChI is InChI=1S/C16H24N2O2S/c1-18(13-4-2-3-5-13)10-14(19)11-20-15-8-6-12(7-9-15)16(17)21/h6-9,13-14,19H,2-5,10-11H2,1H3,(H2,17,21). The second kappa shape index (κ2) is 7.73. The van der Waals surface area contributed by atoms with Crippen LogP contribution in [0.5, 0.6) is 5.75 Å². The van der Waals surface area contributed by atoms with Gasteiger partial charge in [-0.1, -0.05) is 25.1 Å². The van der Waals surface area contributed by atoms with Gasteiger partial charge in [-0.25, -0.2) is 0 Å². The maximum absolute atomic E-state index is 10.1. The Hall–Kier alpha value is -1.17. The van der Waals surface area contributed by atoms with Crippen molar-refractivity contribution in [2.24, 2.45) is 5.73 Å². The van der Waals surface area contributed by atoms with Crippen LogP contribution in [0.4, 0.5) is 0 Å². The van der Waals surface area contributed by atoms with Crippen LogP contribution in [0.25, 0.3) is 0 Å². The van der Waals surface area contributed by atoms with Crippen LogP contribution in [0.2, 0.25) is 0 Å². The molecule has 0 radical (unpaired) electrons. The van der Waals surface area contributed by atoms with Gasteiger partial charge in [-0.15, -0.1) is 0 Å². The van der Waals surface area contributed by atoms with Crippen LogP contribution >= 0.6 is 12.2 Å². The van der Waals surface area contributed by atoms with Crippen LogP contribution in [0.15, 0.2) is 24.3 Å². The second-order valence-corrected chi connectivity index (χ2v) is 6.17. The van der Waals surface area contributed by atoms with E-state index in [-0.39, 0.29) is 0 Å². The lowest BCUT2D eigenvalue weighted by Crippen LogP contribution is -2.38. The van der Waals surface area contributed by atoms with E-state index in [1.54, 1.807) is 0 Å². The molecule has 1 aromatic carbocycles. The number of hydrogen-bond acceptors (Lipinski definition) is 4. The van der Waals surface area contributed by atoms with Crippen LogP contribution in [0.1, 0.15) is 31.2 Å². The van der Waals surface area contributed by atoms with Gasteiger partial charge in [0, 0.05) is 18.2 Å². The summed E-state index contributed by atoms with van der Waals surface area (Å²) in [6, 6.07) is 7.91. The topological polar surface area (TPSA) is 58.7 Å². The lowest BCUT2D eigenvalue weighted by molar-refractivity contribution is 0.0638. The van der Waals surface area contributed by atoms with Gasteiger partial charge in [0.25, 0.3) is 0 Å². The first-order chi connectivity index (χ1) is 10.1. The van der Waals surface area contributed by atoms with Gasteiger partial charge in [-0.05, 0) is 44.2 Å². The molecule has 5 heteroatoms. The van der Waals surface area contributed by atoms with Crippen molar-refractivity contribution in [1.82, 2.24) is 4.90 Å². The molecular weight excluding hydrogens is 284 g/mol. The third-order valence-corrected chi connectivity index (χ3v) is 4.26. The quantitative estimate of drug-likeness (QED) is 0.754. The van der Waals surface area contributed by atoms with Crippen molar-refractivity contribution in [2.75, 3.05) is 20.2 Å². The van der Waals surface area contributed by atoms with E-state index in [4.69, 9.17) is 22.7 Å². The van der Waals surface area contributed by atoms with E-state index in [2.05, 4.69) is 11.9 Å². The average molecular weight is 308 g/mol. The maximum atomic E-state index is 10.1. The first-order valence-electron chi connectivity index (χ1n) is 7.47. The lowest BCUT2D eigenvalue weighted by Gasteiger charge is -2.26. The molecule has 0 aliphatic heterocycles. The highest BCUT2D eigenvalue weighted by Crippen LogP contribution is 2.22. The molecule has 21 heavy (non-hydrogen) atoms. The van der Waals surface area contributed by atoms with Crippen LogP contribution in [0.3, 0.4) is 0 Å². The van der Waals surface area contributed by atoms with Crippen molar-refractivity contribution in [2.45, 2.75) is 37.8 Å². The van der Waals surface area contributed by atoms with Crippen molar-refractivity contribution in [3.8, 4) is 5.75 Å². The predicted octanol–water partition coefficient (Wildman–Crippen LogP) is 1.93. The Labute approximate surface area is 131 Å². The number of nitrogens with zero attached hydrogens (tertiary/aromatic N) is 1. The van der Waals surface area contributed by atoms with Gasteiger partial charge in [0.15, 0.2) is 0 Å². The fraction of sp³-hybridized carbons (Fsp3) is 0.562. The smallest absolute Gasteiger partial charge is 0.119 e. The first kappa shape index (κ1) is 16.2. The Kier molecular flexibility index (Phi) is 5.96. The molecule has 1 saturated carbocycles. The molecule has 0 spiro atoms. The SMILES string of the molecule is CN(CC(O)COc1ccc(C(N)=S)cc1)C1CCCC1. The van der Waals surface area contributed by atoms with Gasteiger partial charge >= 0.3 is 0 Å². The molecular formula is C16H24N2O2S. The normalized spacial score (nSPS) is 17.1. The summed E-state index contributed by atoms with van der Waals surface area (Å²) < 4.78 is 5.61. The number of hydrogen-bond donors (Lipinski definition) is 2. The number of likely N-dealkylation sites (N-methyl/N-ethyl adjacent to an activating group) is 1. The number of rotatable bonds is 7. The molecule has 0 amide bonds. The van der Waals surface area contributed by atoms with Crippen LogP contribution in [-0.2, 0) is 0 Å². The molecule has 1 aliphatic rings. The summed E-state index contributed by atoms with van der Waals surface area (Å²) in [5.41, 5.74) is 6.36. The minimum Gasteiger partial charge on any atom is -0.491 e. The van der Waals surface area contributed by atoms with E-state index in [9.17, 15) is 5.11 Å². The van der Waals surface area contributed by atoms with Gasteiger partial charge in [0.2, 0.25) is 0 Å². The number of nitrogens with two attached hydrogens (primary N) is 1. The van der Waals surface area contributed by atoms with Crippen molar-refractivity contribution in [1.29, 1.82) is 0 Å². The summed E-state index contributed by atoms with van der Waals surface area (Å²) >= 11 is 4.90. The maximum Gasteiger partial charge on any atom is 0.119 e. The number of thiocarbonyl (C=S) groups is 1. The predicted molar refractivity (Wildman–Crippen MR) is 88.7 cm³/mol. The van der Waals surface area contributed by atoms with E-state index >= 15 is 0 Å². The highest BCUT2D eigenvalue weighted by atomic mass is 32.1. The Bertz CT molecular complexity index is 458. The molecule has 0 aromatic heterocycles. The van der Waals surface area contributed by atoms with E-state index in [1.165, 1.54) is 25.7 Å². The molecule has 116 valence electrons. The zero-order valence-electron chi connectivity index (χ0n) is 12.5. The fourth-order valence-corrected chi connectivity index (χ4v) is 2.92. The zero-order valence-corrected chi connectivity index (χ0v) is 13.3. The molecule has 1 aliphatic carbocycles. The molecule has 0 heterocycles. The zero-order chi connectivity index (χ0) is 15.2. The minimum atomic E-state index is -0.481. The monoisotopic (exact) mass is 308 g/mol. The molecule has 0 bridgehead atoms. The van der Waals surface area contributed by atoms with Crippen LogP contribution < -0.4 is 10.5 Å². The van der Waals surface area contributed by atoms with E-state index < -0.39 is 6.10 Å². The third kappa shape index (κ3) is 4.95. The van der Waals surface area contributed by atoms with Crippen LogP contribution in [0, 0.1) is 0 Å². The summed E-state index contributed by atoms with van der Waals surface area (Å²) in [6.07, 6.45) is 4.61. The highest BCUT2D eigenvalue weighted by Gasteiger charge is 2.21. The van der Waals surface area contributed by atoms with Crippen molar-refractivity contribution >= 4 is 17.2 Å². The Morgan fingerprint density at radius 3 is 2.57 bits per heavy atom. The van der Waals surface area contributed by atoms with Gasteiger partial charge in [0.05, 0.1) is 0 Å². The Morgan fingerprint density at radius 1 is 1.38 bits per heavy atom. The van der Waals surface area contributed by atoms with Gasteiger partial charge in [-0.3, -0.25) is 0 Å². The lowest BCUT2D eigenvalue weighted by atomic mass is 10.2. The second-order valence-electron chi connectivity index (χ2n) is 5.73. The molecule has 1 fully saturated rings. The number of aliphatic hydroxyl groups excluding tert-OH is 1. The number of ether oxygens (including phenoxy) is 1. The summed E-state index contributed by atoms with van der Waals surface area (Å²) in [5.74, 6) is 0.720. The fourth-order valence-electron chi connectivity index (χ4n) is 2.79.